The summed E-state index contributed by atoms with van der Waals surface area (Å²) in [5.41, 5.74) is 2.91. The van der Waals surface area contributed by atoms with Crippen LogP contribution in [0.4, 0.5) is 0 Å². The SMILES string of the molecule is CC(C)n1ncnc1CC(CCC1CCCCO1)NN. The first kappa shape index (κ1) is 15.4. The van der Waals surface area contributed by atoms with E-state index in [1.165, 1.54) is 19.3 Å². The number of hydrazine groups is 1. The molecular weight excluding hydrogens is 254 g/mol. The van der Waals surface area contributed by atoms with Crippen molar-refractivity contribution in [2.45, 2.75) is 70.6 Å². The van der Waals surface area contributed by atoms with Gasteiger partial charge in [0.15, 0.2) is 0 Å². The fourth-order valence-corrected chi connectivity index (χ4v) is 2.74. The molecule has 0 saturated carbocycles. The van der Waals surface area contributed by atoms with Crippen LogP contribution in [-0.2, 0) is 11.2 Å². The number of nitrogens with two attached hydrogens (primary N) is 1. The summed E-state index contributed by atoms with van der Waals surface area (Å²) >= 11 is 0. The molecule has 6 nitrogen and oxygen atoms in total. The van der Waals surface area contributed by atoms with Gasteiger partial charge in [0.1, 0.15) is 12.2 Å². The van der Waals surface area contributed by atoms with Crippen LogP contribution >= 0.6 is 0 Å². The average Bonchev–Trinajstić information content (AvgIpc) is 2.93. The topological polar surface area (TPSA) is 78.0 Å². The van der Waals surface area contributed by atoms with Gasteiger partial charge in [-0.2, -0.15) is 5.10 Å². The van der Waals surface area contributed by atoms with E-state index < -0.39 is 0 Å². The van der Waals surface area contributed by atoms with E-state index in [0.29, 0.717) is 12.1 Å². The van der Waals surface area contributed by atoms with Crippen LogP contribution in [0.5, 0.6) is 0 Å². The Morgan fingerprint density at radius 3 is 3.00 bits per heavy atom. The lowest BCUT2D eigenvalue weighted by molar-refractivity contribution is 0.00853. The Labute approximate surface area is 121 Å². The molecular formula is C14H27N5O. The van der Waals surface area contributed by atoms with Crippen molar-refractivity contribution in [2.75, 3.05) is 6.61 Å². The highest BCUT2D eigenvalue weighted by atomic mass is 16.5. The second-order valence-corrected chi connectivity index (χ2v) is 5.85. The Hall–Kier alpha value is -0.980. The van der Waals surface area contributed by atoms with Gasteiger partial charge in [-0.05, 0) is 46.0 Å². The quantitative estimate of drug-likeness (QED) is 0.586. The Kier molecular flexibility index (Phi) is 5.94. The first-order chi connectivity index (χ1) is 9.70. The zero-order valence-electron chi connectivity index (χ0n) is 12.6. The van der Waals surface area contributed by atoms with Crippen LogP contribution in [0.1, 0.15) is 57.8 Å². The van der Waals surface area contributed by atoms with Gasteiger partial charge in [-0.25, -0.2) is 9.67 Å². The molecule has 1 aliphatic rings. The van der Waals surface area contributed by atoms with Crippen LogP contribution in [0, 0.1) is 0 Å². The van der Waals surface area contributed by atoms with Crippen molar-refractivity contribution in [3.8, 4) is 0 Å². The van der Waals surface area contributed by atoms with E-state index in [-0.39, 0.29) is 6.04 Å². The molecule has 2 rings (SSSR count). The molecule has 3 N–H and O–H groups in total. The molecule has 0 aromatic carbocycles. The minimum atomic E-state index is 0.224. The summed E-state index contributed by atoms with van der Waals surface area (Å²) in [5.74, 6) is 6.68. The number of aromatic nitrogens is 3. The molecule has 20 heavy (non-hydrogen) atoms. The monoisotopic (exact) mass is 281 g/mol. The van der Waals surface area contributed by atoms with Gasteiger partial charge in [-0.3, -0.25) is 11.3 Å². The fraction of sp³-hybridized carbons (Fsp3) is 0.857. The summed E-state index contributed by atoms with van der Waals surface area (Å²) in [6, 6.07) is 0.551. The molecule has 0 bridgehead atoms. The smallest absolute Gasteiger partial charge is 0.138 e. The molecule has 114 valence electrons. The van der Waals surface area contributed by atoms with Crippen molar-refractivity contribution in [3.05, 3.63) is 12.2 Å². The molecule has 0 radical (unpaired) electrons. The van der Waals surface area contributed by atoms with Crippen molar-refractivity contribution in [1.29, 1.82) is 0 Å². The number of nitrogens with one attached hydrogen (secondary N) is 1. The highest BCUT2D eigenvalue weighted by molar-refractivity contribution is 4.91. The average molecular weight is 281 g/mol. The fourth-order valence-electron chi connectivity index (χ4n) is 2.74. The molecule has 2 unspecified atom stereocenters. The third-order valence-corrected chi connectivity index (χ3v) is 3.91. The summed E-state index contributed by atoms with van der Waals surface area (Å²) in [4.78, 5) is 4.35. The van der Waals surface area contributed by atoms with Crippen LogP contribution < -0.4 is 11.3 Å². The molecule has 0 spiro atoms. The zero-order chi connectivity index (χ0) is 14.4. The number of hydrogen-bond donors (Lipinski definition) is 2. The molecule has 1 fully saturated rings. The molecule has 2 atom stereocenters. The highest BCUT2D eigenvalue weighted by Crippen LogP contribution is 2.18. The van der Waals surface area contributed by atoms with E-state index in [2.05, 4.69) is 29.4 Å². The van der Waals surface area contributed by atoms with Crippen LogP contribution in [0.15, 0.2) is 6.33 Å². The van der Waals surface area contributed by atoms with Gasteiger partial charge in [0.25, 0.3) is 0 Å². The largest absolute Gasteiger partial charge is 0.378 e. The summed E-state index contributed by atoms with van der Waals surface area (Å²) in [5, 5.41) is 4.27. The van der Waals surface area contributed by atoms with E-state index in [0.717, 1.165) is 31.7 Å². The van der Waals surface area contributed by atoms with E-state index in [4.69, 9.17) is 10.6 Å². The lowest BCUT2D eigenvalue weighted by atomic mass is 10.0. The summed E-state index contributed by atoms with van der Waals surface area (Å²) in [6.07, 6.45) is 8.56. The Morgan fingerprint density at radius 2 is 2.35 bits per heavy atom. The van der Waals surface area contributed by atoms with Crippen LogP contribution in [0.2, 0.25) is 0 Å². The van der Waals surface area contributed by atoms with Crippen LogP contribution in [-0.4, -0.2) is 33.5 Å². The summed E-state index contributed by atoms with van der Waals surface area (Å²) < 4.78 is 7.73. The van der Waals surface area contributed by atoms with Crippen molar-refractivity contribution >= 4 is 0 Å². The summed E-state index contributed by atoms with van der Waals surface area (Å²) in [7, 11) is 0. The molecule has 2 heterocycles. The highest BCUT2D eigenvalue weighted by Gasteiger charge is 2.18. The van der Waals surface area contributed by atoms with E-state index in [1.807, 2.05) is 4.68 Å². The first-order valence-electron chi connectivity index (χ1n) is 7.66. The van der Waals surface area contributed by atoms with Gasteiger partial charge >= 0.3 is 0 Å². The first-order valence-corrected chi connectivity index (χ1v) is 7.66. The third-order valence-electron chi connectivity index (χ3n) is 3.91. The van der Waals surface area contributed by atoms with Crippen molar-refractivity contribution in [3.63, 3.8) is 0 Å². The van der Waals surface area contributed by atoms with Gasteiger partial charge in [-0.1, -0.05) is 0 Å². The van der Waals surface area contributed by atoms with Crippen molar-refractivity contribution < 1.29 is 4.74 Å². The lowest BCUT2D eigenvalue weighted by Gasteiger charge is -2.24. The van der Waals surface area contributed by atoms with Gasteiger partial charge < -0.3 is 4.74 Å². The zero-order valence-corrected chi connectivity index (χ0v) is 12.6. The second kappa shape index (κ2) is 7.71. The van der Waals surface area contributed by atoms with E-state index >= 15 is 0 Å². The Morgan fingerprint density at radius 1 is 1.50 bits per heavy atom. The predicted octanol–water partition coefficient (Wildman–Crippen LogP) is 1.58. The Bertz CT molecular complexity index is 387. The maximum Gasteiger partial charge on any atom is 0.138 e. The standard InChI is InChI=1S/C14H27N5O/c1-11(2)19-14(16-10-17-19)9-12(18-15)6-7-13-5-3-4-8-20-13/h10-13,18H,3-9,15H2,1-2H3. The molecule has 0 amide bonds. The number of hydrogen-bond acceptors (Lipinski definition) is 5. The van der Waals surface area contributed by atoms with Gasteiger partial charge in [0, 0.05) is 25.1 Å². The predicted molar refractivity (Wildman–Crippen MR) is 78.0 cm³/mol. The lowest BCUT2D eigenvalue weighted by Crippen LogP contribution is -2.38. The maximum atomic E-state index is 5.77. The summed E-state index contributed by atoms with van der Waals surface area (Å²) in [6.45, 7) is 5.13. The molecule has 1 saturated heterocycles. The van der Waals surface area contributed by atoms with Gasteiger partial charge in [-0.15, -0.1) is 0 Å². The minimum Gasteiger partial charge on any atom is -0.378 e. The van der Waals surface area contributed by atoms with Crippen LogP contribution in [0.3, 0.4) is 0 Å². The van der Waals surface area contributed by atoms with Crippen LogP contribution in [0.25, 0.3) is 0 Å². The molecule has 6 heteroatoms. The molecule has 1 aromatic heterocycles. The molecule has 1 aromatic rings. The van der Waals surface area contributed by atoms with Crippen molar-refractivity contribution in [2.24, 2.45) is 5.84 Å². The molecule has 1 aliphatic heterocycles. The van der Waals surface area contributed by atoms with E-state index in [1.54, 1.807) is 6.33 Å². The minimum absolute atomic E-state index is 0.224. The van der Waals surface area contributed by atoms with Gasteiger partial charge in [0.05, 0.1) is 6.10 Å². The van der Waals surface area contributed by atoms with Crippen molar-refractivity contribution in [1.82, 2.24) is 20.2 Å². The van der Waals surface area contributed by atoms with E-state index in [9.17, 15) is 0 Å². The normalized spacial score (nSPS) is 21.3. The second-order valence-electron chi connectivity index (χ2n) is 5.85. The molecule has 0 aliphatic carbocycles. The number of ether oxygens (including phenoxy) is 1. The number of nitrogens with zero attached hydrogens (tertiary/aromatic N) is 3. The number of rotatable bonds is 7. The maximum absolute atomic E-state index is 5.77. The van der Waals surface area contributed by atoms with Gasteiger partial charge in [0.2, 0.25) is 0 Å². The third kappa shape index (κ3) is 4.26. The Balaban J connectivity index is 1.83.